The van der Waals surface area contributed by atoms with Gasteiger partial charge in [-0.05, 0) is 12.1 Å². The van der Waals surface area contributed by atoms with Gasteiger partial charge in [-0.3, -0.25) is 9.10 Å². The number of methoxy groups -OCH3 is 2. The Morgan fingerprint density at radius 3 is 2.43 bits per heavy atom. The molecule has 1 aromatic carbocycles. The van der Waals surface area contributed by atoms with Crippen LogP contribution in [-0.2, 0) is 14.8 Å². The van der Waals surface area contributed by atoms with E-state index in [0.717, 1.165) is 6.26 Å². The molecule has 8 heteroatoms. The predicted octanol–water partition coefficient (Wildman–Crippen LogP) is 0.606. The lowest BCUT2D eigenvalue weighted by molar-refractivity contribution is -0.118. The van der Waals surface area contributed by atoms with E-state index in [1.54, 1.807) is 18.2 Å². The van der Waals surface area contributed by atoms with Crippen LogP contribution in [0.5, 0.6) is 11.5 Å². The van der Waals surface area contributed by atoms with Crippen molar-refractivity contribution in [1.82, 2.24) is 5.32 Å². The van der Waals surface area contributed by atoms with Crippen molar-refractivity contribution in [3.05, 3.63) is 18.2 Å². The second-order valence-corrected chi connectivity index (χ2v) is 6.26. The number of carbonyl (C=O) groups excluding carboxylic acids is 1. The van der Waals surface area contributed by atoms with Crippen LogP contribution >= 0.6 is 0 Å². The smallest absolute Gasteiger partial charge is 0.232 e. The molecule has 0 fully saturated rings. The molecular weight excluding hydrogens is 296 g/mol. The summed E-state index contributed by atoms with van der Waals surface area (Å²) in [4.78, 5) is 10.9. The molecule has 1 amide bonds. The Balaban J connectivity index is 3.11. The van der Waals surface area contributed by atoms with Gasteiger partial charge in [-0.1, -0.05) is 0 Å². The lowest BCUT2D eigenvalue weighted by Gasteiger charge is -2.24. The third-order valence-electron chi connectivity index (χ3n) is 2.74. The van der Waals surface area contributed by atoms with E-state index in [9.17, 15) is 13.2 Å². The summed E-state index contributed by atoms with van der Waals surface area (Å²) in [5, 5.41) is 2.57. The molecule has 0 aliphatic rings. The number of sulfonamides is 1. The molecule has 0 radical (unpaired) electrons. The standard InChI is InChI=1S/C13H20N2O5S/c1-10(16)14-7-8-15(21(4,17)18)12-6-5-11(19-2)9-13(12)20-3/h5-6,9H,7-8H2,1-4H3,(H,14,16). The summed E-state index contributed by atoms with van der Waals surface area (Å²) < 4.78 is 35.4. The Labute approximate surface area is 124 Å². The maximum Gasteiger partial charge on any atom is 0.232 e. The molecule has 0 unspecified atom stereocenters. The van der Waals surface area contributed by atoms with Crippen LogP contribution < -0.4 is 19.1 Å². The molecule has 0 aliphatic heterocycles. The molecule has 0 aromatic heterocycles. The van der Waals surface area contributed by atoms with Crippen LogP contribution in [0.2, 0.25) is 0 Å². The zero-order chi connectivity index (χ0) is 16.0. The highest BCUT2D eigenvalue weighted by atomic mass is 32.2. The molecule has 0 atom stereocenters. The summed E-state index contributed by atoms with van der Waals surface area (Å²) in [5.74, 6) is 0.721. The van der Waals surface area contributed by atoms with E-state index in [1.807, 2.05) is 0 Å². The number of rotatable bonds is 7. The molecule has 1 N–H and O–H groups in total. The van der Waals surface area contributed by atoms with Crippen LogP contribution in [-0.4, -0.2) is 47.9 Å². The molecule has 21 heavy (non-hydrogen) atoms. The quantitative estimate of drug-likeness (QED) is 0.796. The first-order chi connectivity index (χ1) is 9.79. The highest BCUT2D eigenvalue weighted by molar-refractivity contribution is 7.92. The van der Waals surface area contributed by atoms with Crippen molar-refractivity contribution in [2.45, 2.75) is 6.92 Å². The lowest BCUT2D eigenvalue weighted by atomic mass is 10.2. The fourth-order valence-electron chi connectivity index (χ4n) is 1.79. The molecule has 7 nitrogen and oxygen atoms in total. The van der Waals surface area contributed by atoms with E-state index in [2.05, 4.69) is 5.32 Å². The fourth-order valence-corrected chi connectivity index (χ4v) is 2.72. The molecule has 1 rings (SSSR count). The second-order valence-electron chi connectivity index (χ2n) is 4.36. The van der Waals surface area contributed by atoms with E-state index in [4.69, 9.17) is 9.47 Å². The number of nitrogens with zero attached hydrogens (tertiary/aromatic N) is 1. The van der Waals surface area contributed by atoms with Gasteiger partial charge in [0.15, 0.2) is 0 Å². The largest absolute Gasteiger partial charge is 0.497 e. The van der Waals surface area contributed by atoms with Crippen molar-refractivity contribution >= 4 is 21.6 Å². The number of ether oxygens (including phenoxy) is 2. The monoisotopic (exact) mass is 316 g/mol. The Hall–Kier alpha value is -1.96. The lowest BCUT2D eigenvalue weighted by Crippen LogP contribution is -2.37. The van der Waals surface area contributed by atoms with Gasteiger partial charge in [-0.2, -0.15) is 0 Å². The molecule has 118 valence electrons. The van der Waals surface area contributed by atoms with Crippen LogP contribution in [0, 0.1) is 0 Å². The van der Waals surface area contributed by atoms with Crippen molar-refractivity contribution in [2.75, 3.05) is 37.9 Å². The Bertz CT molecular complexity index is 601. The van der Waals surface area contributed by atoms with Gasteiger partial charge in [0.05, 0.1) is 32.7 Å². The molecule has 0 spiro atoms. The van der Waals surface area contributed by atoms with E-state index >= 15 is 0 Å². The minimum absolute atomic E-state index is 0.112. The van der Waals surface area contributed by atoms with Gasteiger partial charge in [-0.25, -0.2) is 8.42 Å². The zero-order valence-electron chi connectivity index (χ0n) is 12.5. The number of nitrogens with one attached hydrogen (secondary N) is 1. The number of anilines is 1. The number of benzene rings is 1. The van der Waals surface area contributed by atoms with Crippen LogP contribution in [0.1, 0.15) is 6.92 Å². The molecular formula is C13H20N2O5S. The number of hydrogen-bond donors (Lipinski definition) is 1. The summed E-state index contributed by atoms with van der Waals surface area (Å²) in [5.41, 5.74) is 0.395. The highest BCUT2D eigenvalue weighted by Crippen LogP contribution is 2.33. The van der Waals surface area contributed by atoms with Crippen molar-refractivity contribution in [2.24, 2.45) is 0 Å². The van der Waals surface area contributed by atoms with Gasteiger partial charge in [0.2, 0.25) is 15.9 Å². The molecule has 0 aliphatic carbocycles. The van der Waals surface area contributed by atoms with Crippen LogP contribution in [0.25, 0.3) is 0 Å². The summed E-state index contributed by atoms with van der Waals surface area (Å²) in [6.45, 7) is 1.69. The van der Waals surface area contributed by atoms with Gasteiger partial charge < -0.3 is 14.8 Å². The average Bonchev–Trinajstić information content (AvgIpc) is 2.41. The molecule has 1 aromatic rings. The summed E-state index contributed by atoms with van der Waals surface area (Å²) >= 11 is 0. The van der Waals surface area contributed by atoms with Crippen LogP contribution in [0.3, 0.4) is 0 Å². The number of carbonyl (C=O) groups is 1. The summed E-state index contributed by atoms with van der Waals surface area (Å²) in [7, 11) is -0.542. The number of hydrogen-bond acceptors (Lipinski definition) is 5. The van der Waals surface area contributed by atoms with Crippen molar-refractivity contribution in [1.29, 1.82) is 0 Å². The number of amides is 1. The Kier molecular flexibility index (Phi) is 5.83. The van der Waals surface area contributed by atoms with Gasteiger partial charge in [0.25, 0.3) is 0 Å². The fraction of sp³-hybridized carbons (Fsp3) is 0.462. The van der Waals surface area contributed by atoms with E-state index in [1.165, 1.54) is 25.4 Å². The SMILES string of the molecule is COc1ccc(N(CCNC(C)=O)S(C)(=O)=O)c(OC)c1. The van der Waals surface area contributed by atoms with E-state index < -0.39 is 10.0 Å². The minimum atomic E-state index is -3.51. The predicted molar refractivity (Wildman–Crippen MR) is 80.4 cm³/mol. The molecule has 0 heterocycles. The summed E-state index contributed by atoms with van der Waals surface area (Å²) in [6.07, 6.45) is 1.10. The Morgan fingerprint density at radius 2 is 1.95 bits per heavy atom. The summed E-state index contributed by atoms with van der Waals surface area (Å²) in [6, 6.07) is 4.85. The second kappa shape index (κ2) is 7.16. The Morgan fingerprint density at radius 1 is 1.29 bits per heavy atom. The van der Waals surface area contributed by atoms with E-state index in [0.29, 0.717) is 17.2 Å². The average molecular weight is 316 g/mol. The van der Waals surface area contributed by atoms with Crippen molar-refractivity contribution < 1.29 is 22.7 Å². The first kappa shape index (κ1) is 17.1. The van der Waals surface area contributed by atoms with Crippen molar-refractivity contribution in [3.8, 4) is 11.5 Å². The molecule has 0 bridgehead atoms. The van der Waals surface area contributed by atoms with Gasteiger partial charge in [-0.15, -0.1) is 0 Å². The zero-order valence-corrected chi connectivity index (χ0v) is 13.4. The molecule has 0 saturated heterocycles. The minimum Gasteiger partial charge on any atom is -0.497 e. The van der Waals surface area contributed by atoms with Gasteiger partial charge in [0, 0.05) is 19.5 Å². The highest BCUT2D eigenvalue weighted by Gasteiger charge is 2.21. The maximum absolute atomic E-state index is 12.0. The first-order valence-electron chi connectivity index (χ1n) is 6.23. The van der Waals surface area contributed by atoms with Crippen LogP contribution in [0.15, 0.2) is 18.2 Å². The van der Waals surface area contributed by atoms with Crippen LogP contribution in [0.4, 0.5) is 5.69 Å². The molecule has 0 saturated carbocycles. The van der Waals surface area contributed by atoms with E-state index in [-0.39, 0.29) is 19.0 Å². The third kappa shape index (κ3) is 4.82. The normalized spacial score (nSPS) is 10.9. The van der Waals surface area contributed by atoms with Gasteiger partial charge in [0.1, 0.15) is 11.5 Å². The van der Waals surface area contributed by atoms with Crippen molar-refractivity contribution in [3.63, 3.8) is 0 Å². The third-order valence-corrected chi connectivity index (χ3v) is 3.92. The first-order valence-corrected chi connectivity index (χ1v) is 8.08. The topological polar surface area (TPSA) is 84.9 Å². The van der Waals surface area contributed by atoms with Gasteiger partial charge >= 0.3 is 0 Å². The maximum atomic E-state index is 12.0.